The Morgan fingerprint density at radius 3 is 2.44 bits per heavy atom. The Bertz CT molecular complexity index is 849. The summed E-state index contributed by atoms with van der Waals surface area (Å²) in [7, 11) is 1.41. The highest BCUT2D eigenvalue weighted by Crippen LogP contribution is 2.67. The van der Waals surface area contributed by atoms with Gasteiger partial charge < -0.3 is 19.6 Å². The minimum atomic E-state index is -0.297. The highest BCUT2D eigenvalue weighted by atomic mass is 16.5. The van der Waals surface area contributed by atoms with Gasteiger partial charge in [-0.1, -0.05) is 32.4 Å². The second-order valence-corrected chi connectivity index (χ2v) is 12.5. The minimum Gasteiger partial charge on any atom is -0.453 e. The largest absolute Gasteiger partial charge is 0.453 e. The van der Waals surface area contributed by atoms with Gasteiger partial charge in [0.15, 0.2) is 0 Å². The van der Waals surface area contributed by atoms with Gasteiger partial charge in [0.1, 0.15) is 0 Å². The summed E-state index contributed by atoms with van der Waals surface area (Å²) < 4.78 is 4.84. The van der Waals surface area contributed by atoms with E-state index in [9.17, 15) is 14.7 Å². The van der Waals surface area contributed by atoms with Crippen LogP contribution in [0.4, 0.5) is 4.79 Å². The summed E-state index contributed by atoms with van der Waals surface area (Å²) in [5.41, 5.74) is 2.03. The number of ether oxygens (including phenoxy) is 1. The zero-order chi connectivity index (χ0) is 24.3. The van der Waals surface area contributed by atoms with Crippen molar-refractivity contribution in [2.45, 2.75) is 78.2 Å². The topological polar surface area (TPSA) is 70.1 Å². The molecule has 5 aliphatic rings. The molecule has 0 aromatic heterocycles. The molecule has 3 saturated carbocycles. The molecule has 0 unspecified atom stereocenters. The number of piperazine rings is 1. The molecule has 0 radical (unpaired) electrons. The third kappa shape index (κ3) is 3.70. The lowest BCUT2D eigenvalue weighted by Gasteiger charge is -2.58. The fourth-order valence-electron chi connectivity index (χ4n) is 9.20. The Labute approximate surface area is 205 Å². The van der Waals surface area contributed by atoms with Gasteiger partial charge in [-0.3, -0.25) is 4.79 Å². The molecule has 2 amide bonds. The molecule has 0 aromatic rings. The fraction of sp³-hybridized carbons (Fsp3) is 0.857. The van der Waals surface area contributed by atoms with Crippen LogP contribution in [0.25, 0.3) is 0 Å². The average molecular weight is 473 g/mol. The van der Waals surface area contributed by atoms with Crippen LogP contribution in [0.5, 0.6) is 0 Å². The first kappa shape index (κ1) is 24.1. The summed E-state index contributed by atoms with van der Waals surface area (Å²) in [5.74, 6) is 2.90. The number of hydrogen-bond donors (Lipinski definition) is 1. The number of nitrogens with zero attached hydrogens (tertiary/aromatic N) is 2. The second-order valence-electron chi connectivity index (χ2n) is 12.5. The van der Waals surface area contributed by atoms with Crippen molar-refractivity contribution in [3.63, 3.8) is 0 Å². The lowest BCUT2D eigenvalue weighted by molar-refractivity contribution is -0.141. The molecule has 6 nitrogen and oxygen atoms in total. The van der Waals surface area contributed by atoms with Crippen LogP contribution in [-0.2, 0) is 9.53 Å². The highest BCUT2D eigenvalue weighted by molar-refractivity contribution is 5.79. The van der Waals surface area contributed by atoms with Crippen molar-refractivity contribution >= 4 is 12.0 Å². The number of carbonyl (C=O) groups excluding carboxylic acids is 2. The summed E-state index contributed by atoms with van der Waals surface area (Å²) in [4.78, 5) is 29.0. The van der Waals surface area contributed by atoms with Crippen LogP contribution in [-0.4, -0.2) is 66.3 Å². The molecule has 6 heteroatoms. The maximum atomic E-state index is 13.6. The number of rotatable bonds is 2. The van der Waals surface area contributed by atoms with Crippen LogP contribution in [0, 0.1) is 40.4 Å². The molecule has 0 bridgehead atoms. The van der Waals surface area contributed by atoms with Gasteiger partial charge in [-0.25, -0.2) is 4.79 Å². The van der Waals surface area contributed by atoms with Crippen molar-refractivity contribution < 1.29 is 19.4 Å². The zero-order valence-electron chi connectivity index (χ0n) is 21.6. The summed E-state index contributed by atoms with van der Waals surface area (Å²) in [6.07, 6.45) is 11.0. The molecule has 4 aliphatic carbocycles. The third-order valence-corrected chi connectivity index (χ3v) is 11.2. The number of allylic oxidation sites excluding steroid dienone is 1. The number of methoxy groups -OCH3 is 1. The number of carbonyl (C=O) groups is 2. The van der Waals surface area contributed by atoms with Gasteiger partial charge in [-0.05, 0) is 85.9 Å². The van der Waals surface area contributed by atoms with E-state index in [4.69, 9.17) is 4.74 Å². The quantitative estimate of drug-likeness (QED) is 0.602. The molecule has 0 spiro atoms. The van der Waals surface area contributed by atoms with Gasteiger partial charge in [0.25, 0.3) is 0 Å². The van der Waals surface area contributed by atoms with E-state index in [-0.39, 0.29) is 34.9 Å². The monoisotopic (exact) mass is 472 g/mol. The minimum absolute atomic E-state index is 0.0336. The van der Waals surface area contributed by atoms with E-state index in [1.165, 1.54) is 31.9 Å². The van der Waals surface area contributed by atoms with Crippen molar-refractivity contribution in [2.75, 3.05) is 33.3 Å². The van der Waals surface area contributed by atoms with Crippen molar-refractivity contribution in [3.05, 3.63) is 11.6 Å². The third-order valence-electron chi connectivity index (χ3n) is 11.2. The van der Waals surface area contributed by atoms with Gasteiger partial charge in [-0.2, -0.15) is 0 Å². The first-order valence-corrected chi connectivity index (χ1v) is 13.7. The molecule has 34 heavy (non-hydrogen) atoms. The van der Waals surface area contributed by atoms with Crippen LogP contribution < -0.4 is 0 Å². The normalized spacial score (nSPS) is 42.7. The first-order valence-electron chi connectivity index (χ1n) is 13.7. The van der Waals surface area contributed by atoms with Gasteiger partial charge in [-0.15, -0.1) is 0 Å². The molecule has 1 aliphatic heterocycles. The standard InChI is InChI=1S/C28H44N2O4/c1-18(25(32)29-13-15-30(16-14-29)26(33)34-4)22-7-8-23-21-6-5-19-17-20(31)9-11-27(19,2)24(21)10-12-28(22,23)3/h5,18,20-24,31H,6-17H2,1-4H3/t18-,20-,21-,22+,23-,24-,27-,28+/m0/s1. The second kappa shape index (κ2) is 8.83. The molecule has 8 atom stereocenters. The summed E-state index contributed by atoms with van der Waals surface area (Å²) in [5, 5.41) is 10.3. The smallest absolute Gasteiger partial charge is 0.409 e. The predicted molar refractivity (Wildman–Crippen MR) is 131 cm³/mol. The SMILES string of the molecule is COC(=O)N1CCN(C(=O)[C@@H](C)[C@H]2CC[C@H]3[C@@H]4CC=C5C[C@@H](O)CC[C@]5(C)[C@H]4CC[C@]23C)CC1. The summed E-state index contributed by atoms with van der Waals surface area (Å²) >= 11 is 0. The number of aliphatic hydroxyl groups excluding tert-OH is 1. The molecule has 4 fully saturated rings. The van der Waals surface area contributed by atoms with Crippen LogP contribution in [0.3, 0.4) is 0 Å². The highest BCUT2D eigenvalue weighted by Gasteiger charge is 2.59. The predicted octanol–water partition coefficient (Wildman–Crippen LogP) is 4.47. The van der Waals surface area contributed by atoms with Crippen LogP contribution in [0.1, 0.15) is 72.1 Å². The Morgan fingerprint density at radius 2 is 1.74 bits per heavy atom. The fourth-order valence-corrected chi connectivity index (χ4v) is 9.20. The maximum absolute atomic E-state index is 13.6. The molecule has 1 N–H and O–H groups in total. The van der Waals surface area contributed by atoms with Crippen molar-refractivity contribution in [1.82, 2.24) is 9.80 Å². The number of hydrogen-bond acceptors (Lipinski definition) is 4. The molecular weight excluding hydrogens is 428 g/mol. The van der Waals surface area contributed by atoms with E-state index in [1.54, 1.807) is 4.90 Å². The maximum Gasteiger partial charge on any atom is 0.409 e. The van der Waals surface area contributed by atoms with Crippen molar-refractivity contribution in [2.24, 2.45) is 40.4 Å². The summed E-state index contributed by atoms with van der Waals surface area (Å²) in [6, 6.07) is 0. The van der Waals surface area contributed by atoms with Crippen LogP contribution >= 0.6 is 0 Å². The molecule has 190 valence electrons. The number of aliphatic hydroxyl groups is 1. The Balaban J connectivity index is 1.28. The molecule has 5 rings (SSSR count). The van der Waals surface area contributed by atoms with Crippen molar-refractivity contribution in [3.8, 4) is 0 Å². The zero-order valence-corrected chi connectivity index (χ0v) is 21.6. The van der Waals surface area contributed by atoms with E-state index in [2.05, 4.69) is 26.8 Å². The number of amides is 2. The van der Waals surface area contributed by atoms with E-state index < -0.39 is 0 Å². The first-order chi connectivity index (χ1) is 16.2. The molecule has 1 saturated heterocycles. The molecule has 1 heterocycles. The van der Waals surface area contributed by atoms with Gasteiger partial charge in [0, 0.05) is 32.1 Å². The summed E-state index contributed by atoms with van der Waals surface area (Å²) in [6.45, 7) is 9.47. The van der Waals surface area contributed by atoms with E-state index >= 15 is 0 Å². The Morgan fingerprint density at radius 1 is 1.03 bits per heavy atom. The lowest BCUT2D eigenvalue weighted by atomic mass is 9.47. The van der Waals surface area contributed by atoms with Crippen LogP contribution in [0.2, 0.25) is 0 Å². The van der Waals surface area contributed by atoms with E-state index in [0.29, 0.717) is 38.0 Å². The van der Waals surface area contributed by atoms with Gasteiger partial charge in [0.2, 0.25) is 5.91 Å². The molecular formula is C28H44N2O4. The lowest BCUT2D eigenvalue weighted by Crippen LogP contribution is -2.54. The van der Waals surface area contributed by atoms with Gasteiger partial charge >= 0.3 is 6.09 Å². The Hall–Kier alpha value is -1.56. The van der Waals surface area contributed by atoms with Crippen molar-refractivity contribution in [1.29, 1.82) is 0 Å². The Kier molecular flexibility index (Phi) is 6.27. The molecule has 0 aromatic carbocycles. The average Bonchev–Trinajstić information content (AvgIpc) is 3.20. The van der Waals surface area contributed by atoms with Gasteiger partial charge in [0.05, 0.1) is 13.2 Å². The van der Waals surface area contributed by atoms with Crippen LogP contribution in [0.15, 0.2) is 11.6 Å². The number of fused-ring (bicyclic) bond motifs is 5. The van der Waals surface area contributed by atoms with E-state index in [0.717, 1.165) is 43.9 Å². The van der Waals surface area contributed by atoms with E-state index in [1.807, 2.05) is 4.90 Å².